The summed E-state index contributed by atoms with van der Waals surface area (Å²) < 4.78 is 0. The summed E-state index contributed by atoms with van der Waals surface area (Å²) in [6, 6.07) is 0. The van der Waals surface area contributed by atoms with Gasteiger partial charge in [-0.05, 0) is 20.0 Å². The highest BCUT2D eigenvalue weighted by Gasteiger charge is 2.05. The van der Waals surface area contributed by atoms with Gasteiger partial charge in [-0.2, -0.15) is 0 Å². The first kappa shape index (κ1) is 4.19. The minimum atomic E-state index is 1.32. The minimum absolute atomic E-state index is 1.32. The van der Waals surface area contributed by atoms with Crippen molar-refractivity contribution in [3.8, 4) is 0 Å². The SMILES string of the molecule is CN1CBCC1. The van der Waals surface area contributed by atoms with E-state index in [0.717, 1.165) is 0 Å². The molecule has 0 unspecified atom stereocenters. The minimum Gasteiger partial charge on any atom is -0.315 e. The summed E-state index contributed by atoms with van der Waals surface area (Å²) in [7, 11) is 3.59. The molecule has 1 heterocycles. The topological polar surface area (TPSA) is 3.24 Å². The van der Waals surface area contributed by atoms with Crippen LogP contribution in [0.25, 0.3) is 0 Å². The summed E-state index contributed by atoms with van der Waals surface area (Å²) in [5, 5.41) is 0. The largest absolute Gasteiger partial charge is 0.315 e. The molecule has 0 atom stereocenters. The van der Waals surface area contributed by atoms with Gasteiger partial charge in [-0.25, -0.2) is 0 Å². The van der Waals surface area contributed by atoms with Gasteiger partial charge in [0.2, 0.25) is 0 Å². The molecular weight excluding hydrogens is 72.9 g/mol. The van der Waals surface area contributed by atoms with Crippen molar-refractivity contribution >= 4 is 7.28 Å². The molecule has 0 radical (unpaired) electrons. The molecule has 0 saturated carbocycles. The summed E-state index contributed by atoms with van der Waals surface area (Å²) in [6.45, 7) is 1.32. The summed E-state index contributed by atoms with van der Waals surface area (Å²) in [6.07, 6.45) is 2.73. The standard InChI is InChI=1S/C4H10BN/c1-6-3-2-5-4-6/h5H,2-4H2,1H3. The second kappa shape index (κ2) is 1.65. The summed E-state index contributed by atoms with van der Waals surface area (Å²) in [5.41, 5.74) is 0. The van der Waals surface area contributed by atoms with E-state index in [2.05, 4.69) is 11.9 Å². The first-order valence-corrected chi connectivity index (χ1v) is 2.58. The Bertz CT molecular complexity index is 40.8. The van der Waals surface area contributed by atoms with E-state index in [1.165, 1.54) is 26.6 Å². The zero-order chi connectivity index (χ0) is 4.41. The van der Waals surface area contributed by atoms with Crippen LogP contribution in [-0.4, -0.2) is 32.2 Å². The van der Waals surface area contributed by atoms with E-state index < -0.39 is 0 Å². The predicted octanol–water partition coefficient (Wildman–Crippen LogP) is -0.256. The average Bonchev–Trinajstić information content (AvgIpc) is 1.86. The van der Waals surface area contributed by atoms with Crippen LogP contribution in [0.1, 0.15) is 0 Å². The van der Waals surface area contributed by atoms with Gasteiger partial charge < -0.3 is 4.90 Å². The van der Waals surface area contributed by atoms with E-state index in [-0.39, 0.29) is 0 Å². The van der Waals surface area contributed by atoms with Gasteiger partial charge >= 0.3 is 0 Å². The molecule has 2 heteroatoms. The zero-order valence-electron chi connectivity index (χ0n) is 4.28. The van der Waals surface area contributed by atoms with Gasteiger partial charge in [-0.1, -0.05) is 6.32 Å². The van der Waals surface area contributed by atoms with Gasteiger partial charge in [-0.15, -0.1) is 0 Å². The molecule has 1 saturated heterocycles. The molecule has 1 rings (SSSR count). The third-order valence-corrected chi connectivity index (χ3v) is 1.33. The molecule has 34 valence electrons. The molecular formula is C4H10BN. The predicted molar refractivity (Wildman–Crippen MR) is 29.5 cm³/mol. The lowest BCUT2D eigenvalue weighted by atomic mass is 9.79. The van der Waals surface area contributed by atoms with Crippen molar-refractivity contribution in [2.24, 2.45) is 0 Å². The maximum absolute atomic E-state index is 2.36. The molecule has 0 aliphatic carbocycles. The van der Waals surface area contributed by atoms with Crippen LogP contribution < -0.4 is 0 Å². The normalized spacial score (nSPS) is 24.2. The Hall–Kier alpha value is 0.0249. The zero-order valence-corrected chi connectivity index (χ0v) is 4.28. The number of hydrogen-bond acceptors (Lipinski definition) is 1. The van der Waals surface area contributed by atoms with Crippen LogP contribution in [0.3, 0.4) is 0 Å². The van der Waals surface area contributed by atoms with Crippen molar-refractivity contribution in [1.82, 2.24) is 4.90 Å². The molecule has 0 aromatic rings. The van der Waals surface area contributed by atoms with Crippen LogP contribution in [-0.2, 0) is 0 Å². The summed E-state index contributed by atoms with van der Waals surface area (Å²) in [5.74, 6) is 0. The maximum atomic E-state index is 2.36. The average molecular weight is 82.9 g/mol. The Kier molecular flexibility index (Phi) is 1.15. The van der Waals surface area contributed by atoms with Crippen LogP contribution in [0.4, 0.5) is 0 Å². The van der Waals surface area contributed by atoms with Crippen LogP contribution in [0.15, 0.2) is 0 Å². The first-order chi connectivity index (χ1) is 2.89. The first-order valence-electron chi connectivity index (χ1n) is 2.58. The quantitative estimate of drug-likeness (QED) is 0.365. The van der Waals surface area contributed by atoms with Gasteiger partial charge in [0, 0.05) is 0 Å². The van der Waals surface area contributed by atoms with Crippen LogP contribution in [0, 0.1) is 0 Å². The van der Waals surface area contributed by atoms with E-state index in [1.807, 2.05) is 0 Å². The Morgan fingerprint density at radius 1 is 1.67 bits per heavy atom. The van der Waals surface area contributed by atoms with Gasteiger partial charge in [0.1, 0.15) is 7.28 Å². The molecule has 0 aromatic heterocycles. The maximum Gasteiger partial charge on any atom is 0.139 e. The fraction of sp³-hybridized carbons (Fsp3) is 1.00. The lowest BCUT2D eigenvalue weighted by molar-refractivity contribution is 0.435. The lowest BCUT2D eigenvalue weighted by Gasteiger charge is -2.01. The van der Waals surface area contributed by atoms with Crippen molar-refractivity contribution in [3.63, 3.8) is 0 Å². The monoisotopic (exact) mass is 83.1 g/mol. The second-order valence-corrected chi connectivity index (χ2v) is 2.01. The highest BCUT2D eigenvalue weighted by Crippen LogP contribution is 1.94. The Labute approximate surface area is 39.6 Å². The smallest absolute Gasteiger partial charge is 0.139 e. The molecule has 0 aromatic carbocycles. The van der Waals surface area contributed by atoms with Crippen molar-refractivity contribution in [3.05, 3.63) is 0 Å². The molecule has 1 nitrogen and oxygen atoms in total. The molecule has 0 spiro atoms. The van der Waals surface area contributed by atoms with Crippen LogP contribution >= 0.6 is 0 Å². The van der Waals surface area contributed by atoms with Gasteiger partial charge in [0.05, 0.1) is 0 Å². The Morgan fingerprint density at radius 2 is 2.50 bits per heavy atom. The molecule has 0 N–H and O–H groups in total. The van der Waals surface area contributed by atoms with E-state index in [9.17, 15) is 0 Å². The number of hydrogen-bond donors (Lipinski definition) is 0. The fourth-order valence-electron chi connectivity index (χ4n) is 0.875. The van der Waals surface area contributed by atoms with Gasteiger partial charge in [0.15, 0.2) is 0 Å². The molecule has 6 heavy (non-hydrogen) atoms. The van der Waals surface area contributed by atoms with E-state index >= 15 is 0 Å². The molecule has 0 amide bonds. The highest BCUT2D eigenvalue weighted by molar-refractivity contribution is 6.36. The molecule has 1 fully saturated rings. The van der Waals surface area contributed by atoms with E-state index in [4.69, 9.17) is 0 Å². The Balaban J connectivity index is 2.18. The van der Waals surface area contributed by atoms with Crippen LogP contribution in [0.2, 0.25) is 6.32 Å². The Morgan fingerprint density at radius 3 is 2.67 bits per heavy atom. The summed E-state index contributed by atoms with van der Waals surface area (Å²) in [4.78, 5) is 2.36. The van der Waals surface area contributed by atoms with Crippen molar-refractivity contribution in [1.29, 1.82) is 0 Å². The third kappa shape index (κ3) is 0.746. The van der Waals surface area contributed by atoms with Crippen molar-refractivity contribution < 1.29 is 0 Å². The third-order valence-electron chi connectivity index (χ3n) is 1.33. The molecule has 1 aliphatic heterocycles. The van der Waals surface area contributed by atoms with E-state index in [1.54, 1.807) is 0 Å². The molecule has 0 bridgehead atoms. The highest BCUT2D eigenvalue weighted by atomic mass is 15.1. The number of nitrogens with zero attached hydrogens (tertiary/aromatic N) is 1. The second-order valence-electron chi connectivity index (χ2n) is 2.01. The van der Waals surface area contributed by atoms with Crippen LogP contribution in [0.5, 0.6) is 0 Å². The fourth-order valence-corrected chi connectivity index (χ4v) is 0.875. The van der Waals surface area contributed by atoms with E-state index in [0.29, 0.717) is 0 Å². The van der Waals surface area contributed by atoms with Crippen molar-refractivity contribution in [2.75, 3.05) is 20.0 Å². The van der Waals surface area contributed by atoms with Gasteiger partial charge in [-0.3, -0.25) is 0 Å². The molecule has 1 aliphatic rings. The summed E-state index contributed by atoms with van der Waals surface area (Å²) >= 11 is 0. The van der Waals surface area contributed by atoms with Crippen molar-refractivity contribution in [2.45, 2.75) is 6.32 Å². The lowest BCUT2D eigenvalue weighted by Crippen LogP contribution is -2.12. The van der Waals surface area contributed by atoms with Gasteiger partial charge in [0.25, 0.3) is 0 Å². The number of rotatable bonds is 0.